The standard InChI is InChI=1S/C18H32OS/c1-2-3-4-5-6-7-8-9-10-11-12-15-19-17-18-14-13-16-20-18/h13-14,16H,2-12,15,17H2,1H3. The molecule has 0 unspecified atom stereocenters. The minimum absolute atomic E-state index is 0.801. The number of thiophene rings is 1. The maximum absolute atomic E-state index is 5.67. The molecular weight excluding hydrogens is 264 g/mol. The first-order valence-corrected chi connectivity index (χ1v) is 9.41. The summed E-state index contributed by atoms with van der Waals surface area (Å²) in [6, 6.07) is 4.23. The van der Waals surface area contributed by atoms with E-state index < -0.39 is 0 Å². The molecule has 1 aromatic rings. The molecule has 0 saturated carbocycles. The topological polar surface area (TPSA) is 9.23 Å². The summed E-state index contributed by atoms with van der Waals surface area (Å²) in [5.74, 6) is 0. The summed E-state index contributed by atoms with van der Waals surface area (Å²) in [4.78, 5) is 1.34. The number of hydrogen-bond acceptors (Lipinski definition) is 2. The lowest BCUT2D eigenvalue weighted by atomic mass is 10.1. The van der Waals surface area contributed by atoms with Crippen molar-refractivity contribution < 1.29 is 4.74 Å². The Morgan fingerprint density at radius 2 is 1.45 bits per heavy atom. The molecule has 0 saturated heterocycles. The molecule has 0 radical (unpaired) electrons. The van der Waals surface area contributed by atoms with Crippen LogP contribution in [0.5, 0.6) is 0 Å². The zero-order valence-corrected chi connectivity index (χ0v) is 14.1. The molecule has 0 aliphatic carbocycles. The van der Waals surface area contributed by atoms with Crippen LogP contribution < -0.4 is 0 Å². The molecule has 0 N–H and O–H groups in total. The van der Waals surface area contributed by atoms with E-state index in [-0.39, 0.29) is 0 Å². The Balaban J connectivity index is 1.70. The quantitative estimate of drug-likeness (QED) is 0.352. The molecular formula is C18H32OS. The highest BCUT2D eigenvalue weighted by atomic mass is 32.1. The van der Waals surface area contributed by atoms with E-state index in [2.05, 4.69) is 24.4 Å². The lowest BCUT2D eigenvalue weighted by Gasteiger charge is -2.03. The van der Waals surface area contributed by atoms with Gasteiger partial charge in [-0.25, -0.2) is 0 Å². The largest absolute Gasteiger partial charge is 0.376 e. The van der Waals surface area contributed by atoms with Crippen molar-refractivity contribution in [3.8, 4) is 0 Å². The Morgan fingerprint density at radius 3 is 2.00 bits per heavy atom. The van der Waals surface area contributed by atoms with Crippen molar-refractivity contribution in [2.45, 2.75) is 84.2 Å². The van der Waals surface area contributed by atoms with Gasteiger partial charge in [0.2, 0.25) is 0 Å². The molecule has 0 aliphatic heterocycles. The van der Waals surface area contributed by atoms with Crippen molar-refractivity contribution in [2.24, 2.45) is 0 Å². The molecule has 20 heavy (non-hydrogen) atoms. The summed E-state index contributed by atoms with van der Waals surface area (Å²) in [5, 5.41) is 2.11. The second-order valence-corrected chi connectivity index (χ2v) is 6.70. The predicted molar refractivity (Wildman–Crippen MR) is 90.4 cm³/mol. The third-order valence-corrected chi connectivity index (χ3v) is 4.57. The maximum atomic E-state index is 5.67. The van der Waals surface area contributed by atoms with Gasteiger partial charge in [0.1, 0.15) is 0 Å². The minimum Gasteiger partial charge on any atom is -0.376 e. The Bertz CT molecular complexity index is 282. The number of ether oxygens (including phenoxy) is 1. The summed E-state index contributed by atoms with van der Waals surface area (Å²) >= 11 is 1.78. The SMILES string of the molecule is CCCCCCCCCCCCCOCc1cccs1. The van der Waals surface area contributed by atoms with Gasteiger partial charge in [-0.2, -0.15) is 0 Å². The normalized spacial score (nSPS) is 11.1. The van der Waals surface area contributed by atoms with Gasteiger partial charge in [0.05, 0.1) is 6.61 Å². The van der Waals surface area contributed by atoms with Crippen LogP contribution in [0.1, 0.15) is 82.4 Å². The Morgan fingerprint density at radius 1 is 0.850 bits per heavy atom. The van der Waals surface area contributed by atoms with Crippen molar-refractivity contribution in [1.82, 2.24) is 0 Å². The number of unbranched alkanes of at least 4 members (excludes halogenated alkanes) is 10. The smallest absolute Gasteiger partial charge is 0.0809 e. The van der Waals surface area contributed by atoms with Gasteiger partial charge in [0, 0.05) is 11.5 Å². The van der Waals surface area contributed by atoms with Crippen molar-refractivity contribution in [1.29, 1.82) is 0 Å². The van der Waals surface area contributed by atoms with Crippen LogP contribution in [0.2, 0.25) is 0 Å². The van der Waals surface area contributed by atoms with E-state index in [1.807, 2.05) is 0 Å². The van der Waals surface area contributed by atoms with Crippen LogP contribution >= 0.6 is 11.3 Å². The number of rotatable bonds is 14. The van der Waals surface area contributed by atoms with E-state index in [0.717, 1.165) is 13.2 Å². The van der Waals surface area contributed by atoms with Gasteiger partial charge in [-0.3, -0.25) is 0 Å². The molecule has 0 aromatic carbocycles. The maximum Gasteiger partial charge on any atom is 0.0809 e. The number of hydrogen-bond donors (Lipinski definition) is 0. The van der Waals surface area contributed by atoms with Crippen molar-refractivity contribution in [2.75, 3.05) is 6.61 Å². The molecule has 0 spiro atoms. The fraction of sp³-hybridized carbons (Fsp3) is 0.778. The third-order valence-electron chi connectivity index (χ3n) is 3.72. The van der Waals surface area contributed by atoms with Gasteiger partial charge in [-0.1, -0.05) is 77.2 Å². The highest BCUT2D eigenvalue weighted by Gasteiger charge is 1.95. The van der Waals surface area contributed by atoms with Gasteiger partial charge in [0.15, 0.2) is 0 Å². The van der Waals surface area contributed by atoms with Gasteiger partial charge in [-0.15, -0.1) is 11.3 Å². The van der Waals surface area contributed by atoms with E-state index in [1.54, 1.807) is 11.3 Å². The van der Waals surface area contributed by atoms with Crippen LogP contribution in [-0.4, -0.2) is 6.61 Å². The Hall–Kier alpha value is -0.340. The predicted octanol–water partition coefficient (Wildman–Crippen LogP) is 6.58. The average molecular weight is 297 g/mol. The molecule has 1 heterocycles. The highest BCUT2D eigenvalue weighted by molar-refractivity contribution is 7.09. The first kappa shape index (κ1) is 17.7. The van der Waals surface area contributed by atoms with Crippen molar-refractivity contribution in [3.05, 3.63) is 22.4 Å². The zero-order valence-electron chi connectivity index (χ0n) is 13.2. The van der Waals surface area contributed by atoms with Crippen LogP contribution in [0.25, 0.3) is 0 Å². The van der Waals surface area contributed by atoms with Gasteiger partial charge < -0.3 is 4.74 Å². The molecule has 0 bridgehead atoms. The van der Waals surface area contributed by atoms with Crippen molar-refractivity contribution in [3.63, 3.8) is 0 Å². The van der Waals surface area contributed by atoms with Crippen LogP contribution in [0.4, 0.5) is 0 Å². The summed E-state index contributed by atoms with van der Waals surface area (Å²) in [5.41, 5.74) is 0. The molecule has 0 aliphatic rings. The van der Waals surface area contributed by atoms with Crippen LogP contribution in [-0.2, 0) is 11.3 Å². The summed E-state index contributed by atoms with van der Waals surface area (Å²) in [7, 11) is 0. The highest BCUT2D eigenvalue weighted by Crippen LogP contribution is 2.12. The molecule has 2 heteroatoms. The summed E-state index contributed by atoms with van der Waals surface area (Å²) < 4.78 is 5.67. The molecule has 0 atom stereocenters. The lowest BCUT2D eigenvalue weighted by Crippen LogP contribution is -1.93. The van der Waals surface area contributed by atoms with E-state index in [1.165, 1.54) is 75.5 Å². The minimum atomic E-state index is 0.801. The van der Waals surface area contributed by atoms with Crippen LogP contribution in [0, 0.1) is 0 Å². The first-order chi connectivity index (χ1) is 9.93. The molecule has 116 valence electrons. The molecule has 1 aromatic heterocycles. The van der Waals surface area contributed by atoms with Crippen molar-refractivity contribution >= 4 is 11.3 Å². The Kier molecular flexibility index (Phi) is 12.1. The fourth-order valence-corrected chi connectivity index (χ4v) is 3.08. The van der Waals surface area contributed by atoms with E-state index in [4.69, 9.17) is 4.74 Å². The van der Waals surface area contributed by atoms with Gasteiger partial charge in [-0.05, 0) is 17.9 Å². The molecule has 1 rings (SSSR count). The first-order valence-electron chi connectivity index (χ1n) is 8.53. The fourth-order valence-electron chi connectivity index (χ4n) is 2.44. The van der Waals surface area contributed by atoms with Gasteiger partial charge in [0.25, 0.3) is 0 Å². The summed E-state index contributed by atoms with van der Waals surface area (Å²) in [6.07, 6.45) is 15.4. The average Bonchev–Trinajstić information content (AvgIpc) is 2.97. The molecule has 1 nitrogen and oxygen atoms in total. The van der Waals surface area contributed by atoms with E-state index >= 15 is 0 Å². The monoisotopic (exact) mass is 296 g/mol. The van der Waals surface area contributed by atoms with Crippen LogP contribution in [0.15, 0.2) is 17.5 Å². The Labute approximate surface area is 129 Å². The van der Waals surface area contributed by atoms with Crippen LogP contribution in [0.3, 0.4) is 0 Å². The van der Waals surface area contributed by atoms with E-state index in [0.29, 0.717) is 0 Å². The third kappa shape index (κ3) is 10.4. The second-order valence-electron chi connectivity index (χ2n) is 5.67. The summed E-state index contributed by atoms with van der Waals surface area (Å²) in [6.45, 7) is 4.01. The van der Waals surface area contributed by atoms with E-state index in [9.17, 15) is 0 Å². The second kappa shape index (κ2) is 13.6. The lowest BCUT2D eigenvalue weighted by molar-refractivity contribution is 0.118. The van der Waals surface area contributed by atoms with Gasteiger partial charge >= 0.3 is 0 Å². The molecule has 0 fully saturated rings. The zero-order chi connectivity index (χ0) is 14.3. The molecule has 0 amide bonds.